The lowest BCUT2D eigenvalue weighted by Crippen LogP contribution is -2.61. The molecule has 2 aromatic rings. The SMILES string of the molecule is CC[C@H](C)[C@H](NC(=O)[C@H](Cc1ccc(O)cc1)NC(=O)[C@H](CCCN=C(N)N)NC(=O)[C@H](CC(N)=O)NC(=O)[C@H](CCCN=C(N)N)NC(=O)[C@@H](N)CCCCN)C(=O)N[C@@H](CO)C(=O)N[C@@H](Cc1ccccc1)C(=O)O. The molecule has 28 heteroatoms. The molecule has 2 aromatic carbocycles. The minimum Gasteiger partial charge on any atom is -0.508 e. The number of aliphatic hydroxyl groups is 1. The molecule has 24 N–H and O–H groups in total. The van der Waals surface area contributed by atoms with Gasteiger partial charge in [0.2, 0.25) is 47.3 Å². The second kappa shape index (κ2) is 34.5. The third kappa shape index (κ3) is 24.9. The Kier molecular flexibility index (Phi) is 29.1. The van der Waals surface area contributed by atoms with Gasteiger partial charge < -0.3 is 92.7 Å². The number of carbonyl (C=O) groups is 9. The zero-order valence-corrected chi connectivity index (χ0v) is 43.5. The Morgan fingerprint density at radius 3 is 1.51 bits per heavy atom. The van der Waals surface area contributed by atoms with E-state index in [2.05, 4.69) is 47.2 Å². The largest absolute Gasteiger partial charge is 0.508 e. The van der Waals surface area contributed by atoms with E-state index in [9.17, 15) is 58.5 Å². The van der Waals surface area contributed by atoms with E-state index in [1.807, 2.05) is 0 Å². The molecule has 0 radical (unpaired) electrons. The molecule has 0 saturated carbocycles. The first-order valence-electron chi connectivity index (χ1n) is 25.1. The van der Waals surface area contributed by atoms with Crippen LogP contribution >= 0.6 is 0 Å². The molecule has 0 bridgehead atoms. The molecule has 77 heavy (non-hydrogen) atoms. The summed E-state index contributed by atoms with van der Waals surface area (Å²) < 4.78 is 0. The van der Waals surface area contributed by atoms with Crippen LogP contribution < -0.4 is 77.4 Å². The summed E-state index contributed by atoms with van der Waals surface area (Å²) in [6.45, 7) is 2.74. The van der Waals surface area contributed by atoms with Crippen molar-refractivity contribution in [2.45, 2.75) is 133 Å². The van der Waals surface area contributed by atoms with E-state index in [1.54, 1.807) is 44.2 Å². The van der Waals surface area contributed by atoms with E-state index in [-0.39, 0.29) is 82.1 Å². The van der Waals surface area contributed by atoms with Crippen molar-refractivity contribution in [3.63, 3.8) is 0 Å². The first-order chi connectivity index (χ1) is 36.5. The van der Waals surface area contributed by atoms with Crippen molar-refractivity contribution in [2.24, 2.45) is 56.0 Å². The van der Waals surface area contributed by atoms with Gasteiger partial charge in [0.15, 0.2) is 11.9 Å². The first-order valence-corrected chi connectivity index (χ1v) is 25.1. The number of carbonyl (C=O) groups excluding carboxylic acids is 8. The Morgan fingerprint density at radius 1 is 0.545 bits per heavy atom. The predicted molar refractivity (Wildman–Crippen MR) is 284 cm³/mol. The predicted octanol–water partition coefficient (Wildman–Crippen LogP) is -4.87. The van der Waals surface area contributed by atoms with Crippen molar-refractivity contribution < 1.29 is 58.5 Å². The molecule has 0 aromatic heterocycles. The number of primary amides is 1. The Balaban J connectivity index is 2.50. The summed E-state index contributed by atoms with van der Waals surface area (Å²) >= 11 is 0. The number of aromatic hydroxyl groups is 1. The lowest BCUT2D eigenvalue weighted by molar-refractivity contribution is -0.142. The Morgan fingerprint density at radius 2 is 1.00 bits per heavy atom. The highest BCUT2D eigenvalue weighted by Crippen LogP contribution is 2.15. The fourth-order valence-corrected chi connectivity index (χ4v) is 7.50. The number of nitrogens with one attached hydrogen (secondary N) is 7. The third-order valence-electron chi connectivity index (χ3n) is 12.0. The summed E-state index contributed by atoms with van der Waals surface area (Å²) in [5.41, 5.74) is 40.1. The number of nitrogens with two attached hydrogens (primary N) is 7. The molecule has 28 nitrogen and oxygen atoms in total. The van der Waals surface area contributed by atoms with E-state index in [4.69, 9.17) is 40.1 Å². The van der Waals surface area contributed by atoms with Gasteiger partial charge in [-0.25, -0.2) is 4.79 Å². The second-order valence-corrected chi connectivity index (χ2v) is 18.3. The van der Waals surface area contributed by atoms with Gasteiger partial charge in [-0.2, -0.15) is 0 Å². The lowest BCUT2D eigenvalue weighted by Gasteiger charge is -2.29. The maximum absolute atomic E-state index is 14.4. The zero-order chi connectivity index (χ0) is 57.6. The number of aliphatic hydroxyl groups excluding tert-OH is 1. The van der Waals surface area contributed by atoms with Crippen LogP contribution in [0.5, 0.6) is 5.75 Å². The molecule has 426 valence electrons. The van der Waals surface area contributed by atoms with E-state index in [0.29, 0.717) is 30.5 Å². The van der Waals surface area contributed by atoms with E-state index in [1.165, 1.54) is 24.3 Å². The minimum atomic E-state index is -1.74. The van der Waals surface area contributed by atoms with Crippen LogP contribution in [-0.4, -0.2) is 155 Å². The number of guanidine groups is 2. The molecular formula is C49H78N16O12. The number of rotatable bonds is 36. The molecule has 9 atom stereocenters. The lowest BCUT2D eigenvalue weighted by atomic mass is 9.96. The van der Waals surface area contributed by atoms with Crippen LogP contribution in [0.1, 0.15) is 82.8 Å². The van der Waals surface area contributed by atoms with Crippen LogP contribution in [0.2, 0.25) is 0 Å². The highest BCUT2D eigenvalue weighted by molar-refractivity contribution is 5.99. The summed E-state index contributed by atoms with van der Waals surface area (Å²) in [7, 11) is 0. The topological polar surface area (TPSA) is 505 Å². The number of nitrogens with zero attached hydrogens (tertiary/aromatic N) is 2. The quantitative estimate of drug-likeness (QED) is 0.0173. The Bertz CT molecular complexity index is 2320. The molecule has 0 fully saturated rings. The van der Waals surface area contributed by atoms with Crippen molar-refractivity contribution in [1.82, 2.24) is 37.2 Å². The second-order valence-electron chi connectivity index (χ2n) is 18.3. The van der Waals surface area contributed by atoms with E-state index in [0.717, 1.165) is 0 Å². The van der Waals surface area contributed by atoms with Gasteiger partial charge in [0.1, 0.15) is 48.0 Å². The smallest absolute Gasteiger partial charge is 0.326 e. The maximum atomic E-state index is 14.4. The van der Waals surface area contributed by atoms with Gasteiger partial charge >= 0.3 is 5.97 Å². The van der Waals surface area contributed by atoms with Crippen molar-refractivity contribution in [1.29, 1.82) is 0 Å². The summed E-state index contributed by atoms with van der Waals surface area (Å²) in [5.74, 6) is -10.3. The number of aliphatic imine (C=N–C) groups is 2. The van der Waals surface area contributed by atoms with Crippen LogP contribution in [0.3, 0.4) is 0 Å². The van der Waals surface area contributed by atoms with E-state index < -0.39 is 121 Å². The Labute approximate surface area is 446 Å². The molecule has 0 aliphatic rings. The maximum Gasteiger partial charge on any atom is 0.326 e. The van der Waals surface area contributed by atoms with Gasteiger partial charge in [-0.15, -0.1) is 0 Å². The zero-order valence-electron chi connectivity index (χ0n) is 43.5. The van der Waals surface area contributed by atoms with Gasteiger partial charge in [-0.1, -0.05) is 69.2 Å². The fourth-order valence-electron chi connectivity index (χ4n) is 7.50. The minimum absolute atomic E-state index is 0.0427. The summed E-state index contributed by atoms with van der Waals surface area (Å²) in [5, 5.41) is 47.5. The molecule has 0 aliphatic carbocycles. The molecule has 0 heterocycles. The number of amides is 8. The normalized spacial score (nSPS) is 14.4. The van der Waals surface area contributed by atoms with Gasteiger partial charge in [0.05, 0.1) is 19.1 Å². The van der Waals surface area contributed by atoms with Crippen molar-refractivity contribution in [3.8, 4) is 5.75 Å². The molecule has 8 amide bonds. The van der Waals surface area contributed by atoms with Crippen LogP contribution in [0.25, 0.3) is 0 Å². The van der Waals surface area contributed by atoms with Crippen LogP contribution in [0.4, 0.5) is 0 Å². The number of hydrogen-bond acceptors (Lipinski definition) is 15. The summed E-state index contributed by atoms with van der Waals surface area (Å²) in [6.07, 6.45) is 0.409. The number of unbranched alkanes of at least 4 members (excludes halogenated alkanes) is 1. The van der Waals surface area contributed by atoms with E-state index >= 15 is 0 Å². The first kappa shape index (κ1) is 65.0. The van der Waals surface area contributed by atoms with Gasteiger partial charge in [0, 0.05) is 25.9 Å². The van der Waals surface area contributed by atoms with Gasteiger partial charge in [-0.3, -0.25) is 48.3 Å². The molecule has 0 saturated heterocycles. The van der Waals surface area contributed by atoms with Crippen molar-refractivity contribution in [3.05, 3.63) is 65.7 Å². The number of benzene rings is 2. The number of phenolic OH excluding ortho intramolecular Hbond substituents is 1. The summed E-state index contributed by atoms with van der Waals surface area (Å²) in [4.78, 5) is 130. The average Bonchev–Trinajstić information content (AvgIpc) is 3.38. The highest BCUT2D eigenvalue weighted by Gasteiger charge is 2.36. The highest BCUT2D eigenvalue weighted by atomic mass is 16.4. The number of aliphatic carboxylic acids is 1. The molecule has 0 unspecified atom stereocenters. The van der Waals surface area contributed by atoms with Crippen LogP contribution in [0.15, 0.2) is 64.6 Å². The number of carboxylic acids is 1. The molecular weight excluding hydrogens is 1000 g/mol. The van der Waals surface area contributed by atoms with Crippen molar-refractivity contribution >= 4 is 65.1 Å². The van der Waals surface area contributed by atoms with Crippen LogP contribution in [-0.2, 0) is 56.0 Å². The summed E-state index contributed by atoms with van der Waals surface area (Å²) in [6, 6.07) is 2.29. The Hall–Kier alpha value is -8.11. The van der Waals surface area contributed by atoms with Gasteiger partial charge in [-0.05, 0) is 74.2 Å². The standard InChI is InChI=1S/C49H78N16O12/c1-3-27(2)39(46(75)64-37(26-66)45(74)63-36(47(76)77)24-28-11-5-4-6-12-28)65-44(73)34(23-29-16-18-30(67)19-17-29)61-42(71)33(15-10-22-58-49(55)56)60-43(72)35(25-38(52)68)62-41(70)32(14-9-21-57-48(53)54)59-40(69)31(51)13-7-8-20-50/h4-6,11-12,16-19,27,31-37,39,66-67H,3,7-10,13-15,20-26,50-51H2,1-2H3,(H2,52,68)(H,59,69)(H,60,72)(H,61,71)(H,62,70)(H,63,74)(H,64,75)(H,65,73)(H,76,77)(H4,53,54,57)(H4,55,56,58)/t27-,31-,32-,33-,34-,35-,36-,37-,39-/m0/s1. The number of carboxylic acid groups (broad SMARTS) is 1. The van der Waals surface area contributed by atoms with Gasteiger partial charge in [0.25, 0.3) is 0 Å². The van der Waals surface area contributed by atoms with Crippen molar-refractivity contribution in [2.75, 3.05) is 26.2 Å². The number of hydrogen-bond donors (Lipinski definition) is 17. The fraction of sp³-hybridized carbons (Fsp3) is 0.531. The number of phenols is 1. The molecule has 0 spiro atoms. The van der Waals surface area contributed by atoms with Crippen LogP contribution in [0, 0.1) is 5.92 Å². The monoisotopic (exact) mass is 1080 g/mol. The molecule has 2 rings (SSSR count). The third-order valence-corrected chi connectivity index (χ3v) is 12.0. The molecule has 0 aliphatic heterocycles. The average molecular weight is 1080 g/mol.